The molecule has 0 aromatic carbocycles. The standard InChI is InChI=1S/C17H22N4O6S2/c1-9(22)26-11(3)27-17(25)21-4-12(5-21)18-15(24)14-8-28-16(19-14)20-6-13(7-20)29-10(2)23/h8,11-13H,4-7H2,1-3H3,(H,18,24). The van der Waals surface area contributed by atoms with Crippen LogP contribution in [0.25, 0.3) is 0 Å². The van der Waals surface area contributed by atoms with Gasteiger partial charge in [0.2, 0.25) is 6.29 Å². The zero-order valence-corrected chi connectivity index (χ0v) is 17.9. The first kappa shape index (κ1) is 21.4. The molecule has 29 heavy (non-hydrogen) atoms. The number of carbonyl (C=O) groups excluding carboxylic acids is 4. The number of hydrogen-bond acceptors (Lipinski definition) is 10. The van der Waals surface area contributed by atoms with Gasteiger partial charge in [0.05, 0.1) is 6.04 Å². The molecule has 10 nitrogen and oxygen atoms in total. The summed E-state index contributed by atoms with van der Waals surface area (Å²) in [5, 5.41) is 5.66. The van der Waals surface area contributed by atoms with Crippen LogP contribution in [0.4, 0.5) is 9.93 Å². The summed E-state index contributed by atoms with van der Waals surface area (Å²) in [7, 11) is 0. The minimum Gasteiger partial charge on any atom is -0.426 e. The van der Waals surface area contributed by atoms with Gasteiger partial charge in [-0.15, -0.1) is 11.3 Å². The third-order valence-corrected chi connectivity index (χ3v) is 6.11. The average Bonchev–Trinajstić information content (AvgIpc) is 3.01. The first-order valence-corrected chi connectivity index (χ1v) is 10.8. The summed E-state index contributed by atoms with van der Waals surface area (Å²) in [6.45, 7) is 6.34. The molecule has 2 saturated heterocycles. The minimum absolute atomic E-state index is 0.105. The molecule has 2 aliphatic heterocycles. The van der Waals surface area contributed by atoms with Gasteiger partial charge in [-0.1, -0.05) is 11.8 Å². The Balaban J connectivity index is 1.39. The summed E-state index contributed by atoms with van der Waals surface area (Å²) >= 11 is 2.72. The number of hydrogen-bond donors (Lipinski definition) is 1. The molecule has 0 spiro atoms. The second-order valence-electron chi connectivity index (χ2n) is 6.79. The highest BCUT2D eigenvalue weighted by molar-refractivity contribution is 8.14. The lowest BCUT2D eigenvalue weighted by Crippen LogP contribution is -2.61. The topological polar surface area (TPSA) is 118 Å². The van der Waals surface area contributed by atoms with Crippen molar-refractivity contribution in [2.75, 3.05) is 31.1 Å². The van der Waals surface area contributed by atoms with E-state index in [-0.39, 0.29) is 22.3 Å². The molecule has 1 N–H and O–H groups in total. The summed E-state index contributed by atoms with van der Waals surface area (Å²) in [5.41, 5.74) is 0.331. The van der Waals surface area contributed by atoms with Crippen LogP contribution in [0.2, 0.25) is 0 Å². The third-order valence-electron chi connectivity index (χ3n) is 4.25. The van der Waals surface area contributed by atoms with E-state index in [0.29, 0.717) is 18.8 Å². The Labute approximate surface area is 175 Å². The molecule has 3 heterocycles. The highest BCUT2D eigenvalue weighted by Crippen LogP contribution is 2.30. The molecule has 0 bridgehead atoms. The second-order valence-corrected chi connectivity index (χ2v) is 9.10. The van der Waals surface area contributed by atoms with Crippen LogP contribution in [0.3, 0.4) is 0 Å². The molecule has 0 aliphatic carbocycles. The first-order valence-electron chi connectivity index (χ1n) is 9.02. The van der Waals surface area contributed by atoms with Crippen molar-refractivity contribution in [3.8, 4) is 0 Å². The van der Waals surface area contributed by atoms with Crippen LogP contribution in [0.1, 0.15) is 31.3 Å². The number of aromatic nitrogens is 1. The lowest BCUT2D eigenvalue weighted by Gasteiger charge is -2.38. The number of thiazole rings is 1. The van der Waals surface area contributed by atoms with Crippen molar-refractivity contribution in [2.24, 2.45) is 0 Å². The number of carbonyl (C=O) groups is 4. The van der Waals surface area contributed by atoms with Gasteiger partial charge in [0.15, 0.2) is 10.2 Å². The van der Waals surface area contributed by atoms with E-state index in [1.54, 1.807) is 12.3 Å². The maximum Gasteiger partial charge on any atom is 0.412 e. The Morgan fingerprint density at radius 3 is 2.52 bits per heavy atom. The van der Waals surface area contributed by atoms with Gasteiger partial charge in [0.1, 0.15) is 5.69 Å². The molecule has 3 rings (SSSR count). The monoisotopic (exact) mass is 442 g/mol. The van der Waals surface area contributed by atoms with Crippen molar-refractivity contribution in [2.45, 2.75) is 38.4 Å². The van der Waals surface area contributed by atoms with Gasteiger partial charge in [0, 0.05) is 57.6 Å². The van der Waals surface area contributed by atoms with Crippen LogP contribution >= 0.6 is 23.1 Å². The Hall–Kier alpha value is -2.34. The second kappa shape index (κ2) is 8.99. The van der Waals surface area contributed by atoms with Gasteiger partial charge in [-0.25, -0.2) is 9.78 Å². The molecular formula is C17H22N4O6S2. The zero-order chi connectivity index (χ0) is 21.1. The number of nitrogens with zero attached hydrogens (tertiary/aromatic N) is 3. The van der Waals surface area contributed by atoms with Gasteiger partial charge in [-0.05, 0) is 0 Å². The van der Waals surface area contributed by atoms with Crippen molar-refractivity contribution in [3.05, 3.63) is 11.1 Å². The van der Waals surface area contributed by atoms with Gasteiger partial charge in [-0.2, -0.15) is 0 Å². The lowest BCUT2D eigenvalue weighted by molar-refractivity contribution is -0.163. The Kier molecular flexibility index (Phi) is 6.63. The summed E-state index contributed by atoms with van der Waals surface area (Å²) in [6.07, 6.45) is -1.56. The molecular weight excluding hydrogens is 420 g/mol. The Morgan fingerprint density at radius 2 is 1.90 bits per heavy atom. The van der Waals surface area contributed by atoms with Gasteiger partial charge in [-0.3, -0.25) is 14.4 Å². The smallest absolute Gasteiger partial charge is 0.412 e. The molecule has 2 amide bonds. The van der Waals surface area contributed by atoms with Crippen molar-refractivity contribution in [3.63, 3.8) is 0 Å². The van der Waals surface area contributed by atoms with Crippen LogP contribution in [-0.4, -0.2) is 76.7 Å². The Bertz CT molecular complexity index is 804. The zero-order valence-electron chi connectivity index (χ0n) is 16.2. The number of ether oxygens (including phenoxy) is 2. The highest BCUT2D eigenvalue weighted by Gasteiger charge is 2.35. The van der Waals surface area contributed by atoms with E-state index in [0.717, 1.165) is 18.2 Å². The third kappa shape index (κ3) is 5.60. The molecule has 2 fully saturated rings. The van der Waals surface area contributed by atoms with Crippen LogP contribution in [0.5, 0.6) is 0 Å². The number of likely N-dealkylation sites (tertiary alicyclic amines) is 1. The van der Waals surface area contributed by atoms with E-state index in [9.17, 15) is 19.2 Å². The van der Waals surface area contributed by atoms with Crippen LogP contribution in [0, 0.1) is 0 Å². The largest absolute Gasteiger partial charge is 0.426 e. The maximum absolute atomic E-state index is 12.3. The first-order chi connectivity index (χ1) is 13.7. The van der Waals surface area contributed by atoms with Crippen molar-refractivity contribution >= 4 is 51.3 Å². The maximum atomic E-state index is 12.3. The highest BCUT2D eigenvalue weighted by atomic mass is 32.2. The van der Waals surface area contributed by atoms with E-state index < -0.39 is 18.4 Å². The fourth-order valence-corrected chi connectivity index (χ4v) is 4.67. The van der Waals surface area contributed by atoms with E-state index >= 15 is 0 Å². The number of rotatable bonds is 6. The number of thioether (sulfide) groups is 1. The minimum atomic E-state index is -0.961. The fraction of sp³-hybridized carbons (Fsp3) is 0.588. The summed E-state index contributed by atoms with van der Waals surface area (Å²) in [4.78, 5) is 54.0. The lowest BCUT2D eigenvalue weighted by atomic mass is 10.1. The van der Waals surface area contributed by atoms with Gasteiger partial charge < -0.3 is 24.6 Å². The number of anilines is 1. The quantitative estimate of drug-likeness (QED) is 0.510. The SMILES string of the molecule is CC(=O)OC(C)OC(=O)N1CC(NC(=O)c2csc(N3CC(SC(C)=O)C3)n2)C1. The molecule has 1 unspecified atom stereocenters. The van der Waals surface area contributed by atoms with Crippen LogP contribution < -0.4 is 10.2 Å². The van der Waals surface area contributed by atoms with Crippen molar-refractivity contribution in [1.29, 1.82) is 0 Å². The predicted molar refractivity (Wildman–Crippen MR) is 107 cm³/mol. The molecule has 1 atom stereocenters. The van der Waals surface area contributed by atoms with E-state index in [1.165, 1.54) is 41.8 Å². The number of esters is 1. The molecule has 1 aromatic heterocycles. The van der Waals surface area contributed by atoms with E-state index in [1.807, 2.05) is 4.90 Å². The summed E-state index contributed by atoms with van der Waals surface area (Å²) in [6, 6.07) is -0.190. The predicted octanol–water partition coefficient (Wildman–Crippen LogP) is 1.07. The van der Waals surface area contributed by atoms with Gasteiger partial charge in [0.25, 0.3) is 5.91 Å². The summed E-state index contributed by atoms with van der Waals surface area (Å²) < 4.78 is 9.72. The molecule has 1 aromatic rings. The molecule has 0 saturated carbocycles. The molecule has 12 heteroatoms. The van der Waals surface area contributed by atoms with Crippen molar-refractivity contribution in [1.82, 2.24) is 15.2 Å². The normalized spacial score (nSPS) is 17.8. The summed E-state index contributed by atoms with van der Waals surface area (Å²) in [5.74, 6) is -0.831. The molecule has 2 aliphatic rings. The Morgan fingerprint density at radius 1 is 1.21 bits per heavy atom. The van der Waals surface area contributed by atoms with Gasteiger partial charge >= 0.3 is 12.1 Å². The molecule has 158 valence electrons. The number of amides is 2. The van der Waals surface area contributed by atoms with Crippen molar-refractivity contribution < 1.29 is 28.7 Å². The molecule has 0 radical (unpaired) electrons. The van der Waals surface area contributed by atoms with E-state index in [4.69, 9.17) is 9.47 Å². The number of nitrogens with one attached hydrogen (secondary N) is 1. The van der Waals surface area contributed by atoms with Crippen LogP contribution in [0.15, 0.2) is 5.38 Å². The average molecular weight is 443 g/mol. The van der Waals surface area contributed by atoms with Crippen LogP contribution in [-0.2, 0) is 19.1 Å². The fourth-order valence-electron chi connectivity index (χ4n) is 2.87. The van der Waals surface area contributed by atoms with E-state index in [2.05, 4.69) is 10.3 Å².